The summed E-state index contributed by atoms with van der Waals surface area (Å²) in [5.41, 5.74) is 1.53. The third kappa shape index (κ3) is 1.76. The molecule has 3 heteroatoms. The SMILES string of the molecule is N=c1cc(-c2ccc(O)cc2)oc2ccccc12. The fourth-order valence-electron chi connectivity index (χ4n) is 1.90. The molecule has 0 unspecified atom stereocenters. The first-order chi connectivity index (χ1) is 8.74. The summed E-state index contributed by atoms with van der Waals surface area (Å²) in [4.78, 5) is 0. The number of rotatable bonds is 1. The van der Waals surface area contributed by atoms with Gasteiger partial charge >= 0.3 is 0 Å². The minimum Gasteiger partial charge on any atom is -0.508 e. The lowest BCUT2D eigenvalue weighted by atomic mass is 10.1. The standard InChI is InChI=1S/C15H11NO2/c16-13-9-15(10-5-7-11(17)8-6-10)18-14-4-2-1-3-12(13)14/h1-9,16-17H. The Kier molecular flexibility index (Phi) is 2.38. The van der Waals surface area contributed by atoms with Crippen LogP contribution in [0.4, 0.5) is 0 Å². The van der Waals surface area contributed by atoms with Crippen LogP contribution in [0.5, 0.6) is 5.75 Å². The zero-order valence-corrected chi connectivity index (χ0v) is 9.55. The Morgan fingerprint density at radius 3 is 2.44 bits per heavy atom. The van der Waals surface area contributed by atoms with Gasteiger partial charge in [0.15, 0.2) is 0 Å². The van der Waals surface area contributed by atoms with Crippen molar-refractivity contribution in [1.29, 1.82) is 5.41 Å². The fourth-order valence-corrected chi connectivity index (χ4v) is 1.90. The summed E-state index contributed by atoms with van der Waals surface area (Å²) >= 11 is 0. The number of hydrogen-bond donors (Lipinski definition) is 2. The highest BCUT2D eigenvalue weighted by Crippen LogP contribution is 2.23. The Morgan fingerprint density at radius 1 is 0.944 bits per heavy atom. The number of phenolic OH excluding ortho intramolecular Hbond substituents is 1. The molecule has 2 N–H and O–H groups in total. The number of phenols is 1. The first-order valence-electron chi connectivity index (χ1n) is 5.61. The van der Waals surface area contributed by atoms with Crippen molar-refractivity contribution in [3.8, 4) is 17.1 Å². The molecule has 88 valence electrons. The van der Waals surface area contributed by atoms with Gasteiger partial charge < -0.3 is 9.52 Å². The van der Waals surface area contributed by atoms with Gasteiger partial charge in [0, 0.05) is 17.0 Å². The van der Waals surface area contributed by atoms with Crippen LogP contribution in [0.25, 0.3) is 22.3 Å². The van der Waals surface area contributed by atoms with E-state index in [9.17, 15) is 5.11 Å². The molecule has 3 aromatic rings. The quantitative estimate of drug-likeness (QED) is 0.682. The number of nitrogens with one attached hydrogen (secondary N) is 1. The van der Waals surface area contributed by atoms with E-state index in [1.807, 2.05) is 24.3 Å². The van der Waals surface area contributed by atoms with Gasteiger partial charge in [-0.1, -0.05) is 12.1 Å². The van der Waals surface area contributed by atoms with Gasteiger partial charge in [0.05, 0.1) is 5.36 Å². The third-order valence-electron chi connectivity index (χ3n) is 2.82. The van der Waals surface area contributed by atoms with Crippen molar-refractivity contribution in [2.45, 2.75) is 0 Å². The van der Waals surface area contributed by atoms with Crippen molar-refractivity contribution in [3.63, 3.8) is 0 Å². The zero-order valence-electron chi connectivity index (χ0n) is 9.55. The van der Waals surface area contributed by atoms with Crippen molar-refractivity contribution in [3.05, 3.63) is 60.0 Å². The van der Waals surface area contributed by atoms with Gasteiger partial charge in [-0.3, -0.25) is 5.41 Å². The Hall–Kier alpha value is -2.55. The van der Waals surface area contributed by atoms with Crippen LogP contribution >= 0.6 is 0 Å². The van der Waals surface area contributed by atoms with Crippen molar-refractivity contribution >= 4 is 11.0 Å². The molecule has 0 amide bonds. The predicted octanol–water partition coefficient (Wildman–Crippen LogP) is 3.28. The van der Waals surface area contributed by atoms with Crippen LogP contribution in [-0.4, -0.2) is 5.11 Å². The summed E-state index contributed by atoms with van der Waals surface area (Å²) < 4.78 is 5.77. The second-order valence-corrected chi connectivity index (χ2v) is 4.07. The molecule has 0 spiro atoms. The van der Waals surface area contributed by atoms with Gasteiger partial charge in [0.1, 0.15) is 17.1 Å². The van der Waals surface area contributed by atoms with Crippen LogP contribution in [0.2, 0.25) is 0 Å². The van der Waals surface area contributed by atoms with E-state index in [2.05, 4.69) is 0 Å². The molecule has 0 radical (unpaired) electrons. The van der Waals surface area contributed by atoms with Gasteiger partial charge in [-0.2, -0.15) is 0 Å². The fraction of sp³-hybridized carbons (Fsp3) is 0. The molecule has 0 saturated carbocycles. The maximum absolute atomic E-state index is 9.26. The molecule has 3 rings (SSSR count). The van der Waals surface area contributed by atoms with E-state index in [-0.39, 0.29) is 5.75 Å². The molecule has 0 fully saturated rings. The molecule has 0 atom stereocenters. The Balaban J connectivity index is 2.24. The first kappa shape index (κ1) is 10.6. The van der Waals surface area contributed by atoms with Crippen LogP contribution in [0.15, 0.2) is 59.0 Å². The van der Waals surface area contributed by atoms with Crippen molar-refractivity contribution in [2.75, 3.05) is 0 Å². The lowest BCUT2D eigenvalue weighted by molar-refractivity contribution is 0.475. The summed E-state index contributed by atoms with van der Waals surface area (Å²) in [6.45, 7) is 0. The average molecular weight is 237 g/mol. The number of para-hydroxylation sites is 1. The number of benzene rings is 2. The van der Waals surface area contributed by atoms with Gasteiger partial charge in [-0.25, -0.2) is 0 Å². The van der Waals surface area contributed by atoms with E-state index in [4.69, 9.17) is 9.83 Å². The molecule has 2 aromatic carbocycles. The normalized spacial score (nSPS) is 10.7. The van der Waals surface area contributed by atoms with Crippen LogP contribution in [0, 0.1) is 5.41 Å². The molecule has 0 aliphatic rings. The van der Waals surface area contributed by atoms with E-state index in [0.717, 1.165) is 10.9 Å². The topological polar surface area (TPSA) is 57.2 Å². The van der Waals surface area contributed by atoms with E-state index in [1.54, 1.807) is 30.3 Å². The van der Waals surface area contributed by atoms with Crippen molar-refractivity contribution in [2.24, 2.45) is 0 Å². The minimum atomic E-state index is 0.214. The van der Waals surface area contributed by atoms with E-state index in [1.165, 1.54) is 0 Å². The maximum atomic E-state index is 9.26. The largest absolute Gasteiger partial charge is 0.508 e. The first-order valence-corrected chi connectivity index (χ1v) is 5.61. The van der Waals surface area contributed by atoms with Gasteiger partial charge in [-0.05, 0) is 36.4 Å². The minimum absolute atomic E-state index is 0.214. The summed E-state index contributed by atoms with van der Waals surface area (Å²) in [6.07, 6.45) is 0. The van der Waals surface area contributed by atoms with Crippen LogP contribution in [-0.2, 0) is 0 Å². The second-order valence-electron chi connectivity index (χ2n) is 4.07. The third-order valence-corrected chi connectivity index (χ3v) is 2.82. The lowest BCUT2D eigenvalue weighted by Crippen LogP contribution is -2.00. The molecular formula is C15H11NO2. The van der Waals surface area contributed by atoms with Gasteiger partial charge in [0.25, 0.3) is 0 Å². The van der Waals surface area contributed by atoms with Crippen LogP contribution in [0.1, 0.15) is 0 Å². The van der Waals surface area contributed by atoms with Crippen molar-refractivity contribution < 1.29 is 9.52 Å². The Labute approximate surface area is 103 Å². The van der Waals surface area contributed by atoms with Gasteiger partial charge in [0.2, 0.25) is 0 Å². The Bertz CT molecular complexity index is 757. The second kappa shape index (κ2) is 4.04. The highest BCUT2D eigenvalue weighted by atomic mass is 16.3. The molecule has 18 heavy (non-hydrogen) atoms. The van der Waals surface area contributed by atoms with E-state index >= 15 is 0 Å². The molecule has 1 aromatic heterocycles. The molecule has 0 bridgehead atoms. The molecule has 0 aliphatic heterocycles. The average Bonchev–Trinajstić information content (AvgIpc) is 2.39. The highest BCUT2D eigenvalue weighted by Gasteiger charge is 2.04. The smallest absolute Gasteiger partial charge is 0.136 e. The number of fused-ring (bicyclic) bond motifs is 1. The predicted molar refractivity (Wildman–Crippen MR) is 69.2 cm³/mol. The number of hydrogen-bond acceptors (Lipinski definition) is 3. The highest BCUT2D eigenvalue weighted by molar-refractivity contribution is 5.78. The molecule has 1 heterocycles. The summed E-state index contributed by atoms with van der Waals surface area (Å²) in [7, 11) is 0. The monoisotopic (exact) mass is 237 g/mol. The van der Waals surface area contributed by atoms with Gasteiger partial charge in [-0.15, -0.1) is 0 Å². The van der Waals surface area contributed by atoms with Crippen molar-refractivity contribution in [1.82, 2.24) is 0 Å². The molecular weight excluding hydrogens is 226 g/mol. The molecule has 3 nitrogen and oxygen atoms in total. The number of aromatic hydroxyl groups is 1. The molecule has 0 saturated heterocycles. The lowest BCUT2D eigenvalue weighted by Gasteiger charge is -2.04. The molecule has 0 aliphatic carbocycles. The van der Waals surface area contributed by atoms with E-state index in [0.29, 0.717) is 16.7 Å². The van der Waals surface area contributed by atoms with Crippen LogP contribution in [0.3, 0.4) is 0 Å². The van der Waals surface area contributed by atoms with Crippen LogP contribution < -0.4 is 5.36 Å². The zero-order chi connectivity index (χ0) is 12.5. The summed E-state index contributed by atoms with van der Waals surface area (Å²) in [5.74, 6) is 0.837. The summed E-state index contributed by atoms with van der Waals surface area (Å²) in [6, 6.07) is 15.9. The Morgan fingerprint density at radius 2 is 1.67 bits per heavy atom. The maximum Gasteiger partial charge on any atom is 0.136 e. The summed E-state index contributed by atoms with van der Waals surface area (Å²) in [5, 5.41) is 18.5. The van der Waals surface area contributed by atoms with E-state index < -0.39 is 0 Å².